The van der Waals surface area contributed by atoms with Gasteiger partial charge in [0, 0.05) is 25.7 Å². The molecule has 2 unspecified atom stereocenters. The molecule has 0 saturated heterocycles. The van der Waals surface area contributed by atoms with E-state index in [1.54, 1.807) is 17.8 Å². The van der Waals surface area contributed by atoms with Gasteiger partial charge < -0.3 is 10.4 Å². The molecule has 0 radical (unpaired) electrons. The molecular weight excluding hydrogens is 242 g/mol. The highest BCUT2D eigenvalue weighted by molar-refractivity contribution is 5.75. The topological polar surface area (TPSA) is 67.2 Å². The molecular formula is C14H25N3O2. The molecule has 108 valence electrons. The van der Waals surface area contributed by atoms with Crippen molar-refractivity contribution >= 4 is 5.91 Å². The van der Waals surface area contributed by atoms with Gasteiger partial charge in [-0.1, -0.05) is 20.3 Å². The van der Waals surface area contributed by atoms with Crippen LogP contribution in [0.25, 0.3) is 0 Å². The molecule has 0 spiro atoms. The third kappa shape index (κ3) is 5.03. The summed E-state index contributed by atoms with van der Waals surface area (Å²) in [5.74, 6) is 0.0956. The van der Waals surface area contributed by atoms with E-state index >= 15 is 0 Å². The van der Waals surface area contributed by atoms with Gasteiger partial charge in [0.15, 0.2) is 0 Å². The first-order chi connectivity index (χ1) is 8.85. The Morgan fingerprint density at radius 2 is 2.32 bits per heavy atom. The fraction of sp³-hybridized carbons (Fsp3) is 0.714. The highest BCUT2D eigenvalue weighted by Gasteiger charge is 2.27. The van der Waals surface area contributed by atoms with E-state index in [9.17, 15) is 9.90 Å². The maximum absolute atomic E-state index is 11.7. The maximum atomic E-state index is 11.7. The number of amides is 1. The van der Waals surface area contributed by atoms with E-state index in [2.05, 4.69) is 10.4 Å². The Labute approximate surface area is 115 Å². The van der Waals surface area contributed by atoms with Gasteiger partial charge in [0.2, 0.25) is 5.91 Å². The second-order valence-electron chi connectivity index (χ2n) is 5.47. The minimum absolute atomic E-state index is 0.0586. The van der Waals surface area contributed by atoms with Crippen LogP contribution in [0, 0.1) is 12.8 Å². The Hall–Kier alpha value is -1.36. The van der Waals surface area contributed by atoms with Gasteiger partial charge in [-0.15, -0.1) is 0 Å². The van der Waals surface area contributed by atoms with Crippen molar-refractivity contribution < 1.29 is 9.90 Å². The molecule has 5 heteroatoms. The predicted molar refractivity (Wildman–Crippen MR) is 74.7 cm³/mol. The van der Waals surface area contributed by atoms with E-state index in [1.165, 1.54) is 0 Å². The molecule has 1 aromatic heterocycles. The van der Waals surface area contributed by atoms with Gasteiger partial charge >= 0.3 is 0 Å². The standard InChI is InChI=1S/C14H25N3O2/c1-5-12(3)14(4,19)10-15-13(18)6-7-17-9-11(2)8-16-17/h8-9,12,19H,5-7,10H2,1-4H3,(H,15,18). The molecule has 0 aromatic carbocycles. The minimum atomic E-state index is -0.854. The number of aromatic nitrogens is 2. The number of aryl methyl sites for hydroxylation is 2. The molecule has 1 aromatic rings. The number of hydrogen-bond donors (Lipinski definition) is 2. The van der Waals surface area contributed by atoms with Crippen LogP contribution in [0.4, 0.5) is 0 Å². The molecule has 0 bridgehead atoms. The highest BCUT2D eigenvalue weighted by Crippen LogP contribution is 2.18. The first kappa shape index (κ1) is 15.7. The van der Waals surface area contributed by atoms with Crippen LogP contribution in [0.15, 0.2) is 12.4 Å². The van der Waals surface area contributed by atoms with Crippen molar-refractivity contribution in [2.24, 2.45) is 5.92 Å². The summed E-state index contributed by atoms with van der Waals surface area (Å²) in [4.78, 5) is 11.7. The summed E-state index contributed by atoms with van der Waals surface area (Å²) in [6.07, 6.45) is 4.93. The number of aliphatic hydroxyl groups is 1. The lowest BCUT2D eigenvalue weighted by molar-refractivity contribution is -0.123. The van der Waals surface area contributed by atoms with Crippen molar-refractivity contribution in [2.75, 3.05) is 6.54 Å². The monoisotopic (exact) mass is 267 g/mol. The zero-order valence-corrected chi connectivity index (χ0v) is 12.3. The second-order valence-corrected chi connectivity index (χ2v) is 5.47. The van der Waals surface area contributed by atoms with Gasteiger partial charge in [-0.25, -0.2) is 0 Å². The van der Waals surface area contributed by atoms with Gasteiger partial charge in [-0.3, -0.25) is 9.48 Å². The molecule has 2 N–H and O–H groups in total. The molecule has 1 heterocycles. The molecule has 5 nitrogen and oxygen atoms in total. The predicted octanol–water partition coefficient (Wildman–Crippen LogP) is 1.49. The Bertz CT molecular complexity index is 413. The van der Waals surface area contributed by atoms with E-state index < -0.39 is 5.60 Å². The normalized spacial score (nSPS) is 15.8. The Morgan fingerprint density at radius 1 is 1.63 bits per heavy atom. The summed E-state index contributed by atoms with van der Waals surface area (Å²) in [7, 11) is 0. The number of carbonyl (C=O) groups excluding carboxylic acids is 1. The fourth-order valence-electron chi connectivity index (χ4n) is 1.79. The lowest BCUT2D eigenvalue weighted by Gasteiger charge is -2.29. The van der Waals surface area contributed by atoms with Gasteiger partial charge in [0.25, 0.3) is 0 Å². The van der Waals surface area contributed by atoms with Crippen molar-refractivity contribution in [3.63, 3.8) is 0 Å². The van der Waals surface area contributed by atoms with E-state index in [1.807, 2.05) is 27.0 Å². The van der Waals surface area contributed by atoms with Crippen LogP contribution >= 0.6 is 0 Å². The third-order valence-corrected chi connectivity index (χ3v) is 3.65. The van der Waals surface area contributed by atoms with Crippen LogP contribution in [-0.2, 0) is 11.3 Å². The third-order valence-electron chi connectivity index (χ3n) is 3.65. The average molecular weight is 267 g/mol. The largest absolute Gasteiger partial charge is 0.388 e. The van der Waals surface area contributed by atoms with Gasteiger partial charge in [0.05, 0.1) is 11.8 Å². The average Bonchev–Trinajstić information content (AvgIpc) is 2.78. The van der Waals surface area contributed by atoms with Gasteiger partial charge in [-0.2, -0.15) is 5.10 Å². The molecule has 0 fully saturated rings. The molecule has 1 amide bonds. The number of nitrogens with zero attached hydrogens (tertiary/aromatic N) is 2. The number of nitrogens with one attached hydrogen (secondary N) is 1. The van der Waals surface area contributed by atoms with Crippen molar-refractivity contribution in [1.82, 2.24) is 15.1 Å². The van der Waals surface area contributed by atoms with Crippen LogP contribution in [0.1, 0.15) is 39.2 Å². The van der Waals surface area contributed by atoms with Gasteiger partial charge in [-0.05, 0) is 25.3 Å². The smallest absolute Gasteiger partial charge is 0.221 e. The molecule has 0 saturated carbocycles. The molecule has 1 rings (SSSR count). The Kier molecular flexibility index (Phi) is 5.54. The number of rotatable bonds is 7. The van der Waals surface area contributed by atoms with E-state index in [0.29, 0.717) is 19.5 Å². The van der Waals surface area contributed by atoms with Crippen molar-refractivity contribution in [2.45, 2.75) is 52.7 Å². The second kappa shape index (κ2) is 6.70. The quantitative estimate of drug-likeness (QED) is 0.786. The van der Waals surface area contributed by atoms with Crippen molar-refractivity contribution in [3.05, 3.63) is 18.0 Å². The highest BCUT2D eigenvalue weighted by atomic mass is 16.3. The van der Waals surface area contributed by atoms with E-state index in [4.69, 9.17) is 0 Å². The summed E-state index contributed by atoms with van der Waals surface area (Å²) in [6.45, 7) is 8.59. The molecule has 0 aliphatic heterocycles. The fourth-order valence-corrected chi connectivity index (χ4v) is 1.79. The zero-order valence-electron chi connectivity index (χ0n) is 12.3. The zero-order chi connectivity index (χ0) is 14.5. The lowest BCUT2D eigenvalue weighted by atomic mass is 9.88. The Balaban J connectivity index is 2.32. The van der Waals surface area contributed by atoms with Crippen LogP contribution in [0.5, 0.6) is 0 Å². The number of carbonyl (C=O) groups is 1. The summed E-state index contributed by atoms with van der Waals surface area (Å²) >= 11 is 0. The minimum Gasteiger partial charge on any atom is -0.388 e. The lowest BCUT2D eigenvalue weighted by Crippen LogP contribution is -2.45. The van der Waals surface area contributed by atoms with E-state index in [-0.39, 0.29) is 11.8 Å². The molecule has 0 aliphatic rings. The first-order valence-electron chi connectivity index (χ1n) is 6.83. The molecule has 19 heavy (non-hydrogen) atoms. The van der Waals surface area contributed by atoms with E-state index in [0.717, 1.165) is 12.0 Å². The van der Waals surface area contributed by atoms with Crippen LogP contribution in [-0.4, -0.2) is 32.9 Å². The van der Waals surface area contributed by atoms with Crippen LogP contribution in [0.2, 0.25) is 0 Å². The summed E-state index contributed by atoms with van der Waals surface area (Å²) in [5.41, 5.74) is 0.229. The SMILES string of the molecule is CCC(C)C(C)(O)CNC(=O)CCn1cc(C)cn1. The van der Waals surface area contributed by atoms with Crippen LogP contribution in [0.3, 0.4) is 0 Å². The summed E-state index contributed by atoms with van der Waals surface area (Å²) in [6, 6.07) is 0. The molecule has 2 atom stereocenters. The van der Waals surface area contributed by atoms with Crippen LogP contribution < -0.4 is 5.32 Å². The summed E-state index contributed by atoms with van der Waals surface area (Å²) < 4.78 is 1.75. The Morgan fingerprint density at radius 3 is 2.84 bits per heavy atom. The van der Waals surface area contributed by atoms with Crippen molar-refractivity contribution in [1.29, 1.82) is 0 Å². The van der Waals surface area contributed by atoms with Crippen molar-refractivity contribution in [3.8, 4) is 0 Å². The maximum Gasteiger partial charge on any atom is 0.221 e. The summed E-state index contributed by atoms with van der Waals surface area (Å²) in [5, 5.41) is 17.1. The number of hydrogen-bond acceptors (Lipinski definition) is 3. The molecule has 0 aliphatic carbocycles. The first-order valence-corrected chi connectivity index (χ1v) is 6.83. The van der Waals surface area contributed by atoms with Gasteiger partial charge in [0.1, 0.15) is 0 Å².